The van der Waals surface area contributed by atoms with Gasteiger partial charge in [0.2, 0.25) is 0 Å². The van der Waals surface area contributed by atoms with Crippen molar-refractivity contribution in [2.24, 2.45) is 12.8 Å². The first-order valence-corrected chi connectivity index (χ1v) is 8.45. The first-order chi connectivity index (χ1) is 12.5. The highest BCUT2D eigenvalue weighted by Gasteiger charge is 2.33. The van der Waals surface area contributed by atoms with Crippen LogP contribution in [0.4, 0.5) is 20.7 Å². The Morgan fingerprint density at radius 2 is 1.96 bits per heavy atom. The summed E-state index contributed by atoms with van der Waals surface area (Å²) in [7, 11) is 1.54. The molecule has 2 amide bonds. The van der Waals surface area contributed by atoms with Crippen molar-refractivity contribution in [2.75, 3.05) is 17.2 Å². The summed E-state index contributed by atoms with van der Waals surface area (Å²) in [6.07, 6.45) is -0.212. The molecule has 1 aromatic carbocycles. The fraction of sp³-hybridized carbons (Fsp3) is 0.389. The number of aryl methyl sites for hydroxylation is 1. The average molecular weight is 375 g/mol. The third-order valence-electron chi connectivity index (χ3n) is 4.30. The van der Waals surface area contributed by atoms with E-state index in [1.165, 1.54) is 15.6 Å². The lowest BCUT2D eigenvalue weighted by Gasteiger charge is -2.24. The van der Waals surface area contributed by atoms with E-state index in [-0.39, 0.29) is 22.6 Å². The molecule has 1 aliphatic rings. The zero-order valence-corrected chi connectivity index (χ0v) is 15.7. The van der Waals surface area contributed by atoms with E-state index in [1.807, 2.05) is 0 Å². The van der Waals surface area contributed by atoms with E-state index in [0.717, 1.165) is 0 Å². The summed E-state index contributed by atoms with van der Waals surface area (Å²) in [5.41, 5.74) is 11.5. The number of nitrogens with zero attached hydrogens (tertiary/aromatic N) is 3. The molecule has 3 rings (SSSR count). The van der Waals surface area contributed by atoms with Crippen LogP contribution < -0.4 is 16.4 Å². The lowest BCUT2D eigenvalue weighted by molar-refractivity contribution is 0.0584. The van der Waals surface area contributed by atoms with Gasteiger partial charge in [-0.25, -0.2) is 9.18 Å². The number of anilines is 2. The van der Waals surface area contributed by atoms with E-state index >= 15 is 4.39 Å². The van der Waals surface area contributed by atoms with Gasteiger partial charge in [-0.2, -0.15) is 5.10 Å². The first-order valence-electron chi connectivity index (χ1n) is 8.45. The van der Waals surface area contributed by atoms with Gasteiger partial charge in [0.05, 0.1) is 5.69 Å². The quantitative estimate of drug-likeness (QED) is 0.835. The molecule has 1 aromatic heterocycles. The van der Waals surface area contributed by atoms with Gasteiger partial charge in [-0.15, -0.1) is 0 Å². The van der Waals surface area contributed by atoms with E-state index in [1.54, 1.807) is 33.9 Å². The normalized spacial score (nSPS) is 13.6. The summed E-state index contributed by atoms with van der Waals surface area (Å²) in [5.74, 6) is -1.28. The van der Waals surface area contributed by atoms with Crippen molar-refractivity contribution in [1.82, 2.24) is 9.78 Å². The number of benzene rings is 1. The number of fused-ring (bicyclic) bond motifs is 1. The molecule has 4 N–H and O–H groups in total. The summed E-state index contributed by atoms with van der Waals surface area (Å²) in [4.78, 5) is 25.5. The Kier molecular flexibility index (Phi) is 4.33. The predicted molar refractivity (Wildman–Crippen MR) is 98.8 cm³/mol. The number of amides is 2. The third-order valence-corrected chi connectivity index (χ3v) is 4.30. The number of rotatable bonds is 2. The van der Waals surface area contributed by atoms with Crippen LogP contribution in [0.5, 0.6) is 0 Å². The topological polar surface area (TPSA) is 116 Å². The summed E-state index contributed by atoms with van der Waals surface area (Å²) >= 11 is 0. The minimum Gasteiger partial charge on any atom is -0.443 e. The minimum absolute atomic E-state index is 0.0293. The van der Waals surface area contributed by atoms with Crippen molar-refractivity contribution in [1.29, 1.82) is 0 Å². The molecule has 2 heterocycles. The molecule has 0 radical (unpaired) electrons. The van der Waals surface area contributed by atoms with E-state index in [0.29, 0.717) is 24.2 Å². The molecule has 0 fully saturated rings. The Balaban J connectivity index is 2.04. The van der Waals surface area contributed by atoms with Crippen LogP contribution in [0.15, 0.2) is 12.1 Å². The number of primary amides is 1. The highest BCUT2D eigenvalue weighted by molar-refractivity contribution is 6.03. The molecule has 0 saturated carbocycles. The molecule has 0 unspecified atom stereocenters. The monoisotopic (exact) mass is 375 g/mol. The maximum Gasteiger partial charge on any atom is 0.414 e. The van der Waals surface area contributed by atoms with E-state index < -0.39 is 23.4 Å². The maximum absolute atomic E-state index is 15.2. The standard InChI is InChI=1S/C18H22FN5O3/c1-18(2,3)27-17(26)24-8-7-9-11(24)6-5-10(13(9)19)14-12(16(21)25)15(20)23(4)22-14/h5-6H,7-8,20H2,1-4H3,(H2,21,25). The van der Waals surface area contributed by atoms with Crippen molar-refractivity contribution in [3.8, 4) is 11.3 Å². The number of carbonyl (C=O) groups is 2. The number of carbonyl (C=O) groups excluding carboxylic acids is 2. The van der Waals surface area contributed by atoms with Crippen LogP contribution in [0.2, 0.25) is 0 Å². The van der Waals surface area contributed by atoms with Gasteiger partial charge in [0.15, 0.2) is 0 Å². The van der Waals surface area contributed by atoms with Crippen LogP contribution in [0.1, 0.15) is 36.7 Å². The summed E-state index contributed by atoms with van der Waals surface area (Å²) < 4.78 is 21.8. The van der Waals surface area contributed by atoms with Gasteiger partial charge in [-0.05, 0) is 39.3 Å². The van der Waals surface area contributed by atoms with E-state index in [9.17, 15) is 9.59 Å². The molecule has 2 aromatic rings. The highest BCUT2D eigenvalue weighted by atomic mass is 19.1. The Bertz CT molecular complexity index is 945. The van der Waals surface area contributed by atoms with Crippen molar-refractivity contribution in [2.45, 2.75) is 32.8 Å². The Hall–Kier alpha value is -3.10. The molecule has 8 nitrogen and oxygen atoms in total. The van der Waals surface area contributed by atoms with Gasteiger partial charge < -0.3 is 16.2 Å². The number of hydrogen-bond donors (Lipinski definition) is 2. The van der Waals surface area contributed by atoms with Crippen LogP contribution in [-0.2, 0) is 18.2 Å². The fourth-order valence-electron chi connectivity index (χ4n) is 3.10. The molecule has 0 bridgehead atoms. The van der Waals surface area contributed by atoms with E-state index in [2.05, 4.69) is 5.10 Å². The average Bonchev–Trinajstić information content (AvgIpc) is 3.08. The molecular formula is C18H22FN5O3. The van der Waals surface area contributed by atoms with Crippen LogP contribution in [-0.4, -0.2) is 33.9 Å². The summed E-state index contributed by atoms with van der Waals surface area (Å²) in [6.45, 7) is 5.60. The molecule has 9 heteroatoms. The minimum atomic E-state index is -0.786. The Morgan fingerprint density at radius 3 is 2.56 bits per heavy atom. The van der Waals surface area contributed by atoms with Crippen LogP contribution in [0.3, 0.4) is 0 Å². The molecule has 0 aliphatic carbocycles. The van der Waals surface area contributed by atoms with Crippen molar-refractivity contribution in [3.05, 3.63) is 29.1 Å². The SMILES string of the molecule is Cn1nc(-c2ccc3c(c2F)CCN3C(=O)OC(C)(C)C)c(C(N)=O)c1N. The van der Waals surface area contributed by atoms with E-state index in [4.69, 9.17) is 16.2 Å². The number of aromatic nitrogens is 2. The van der Waals surface area contributed by atoms with Gasteiger partial charge in [-0.1, -0.05) is 0 Å². The van der Waals surface area contributed by atoms with Crippen molar-refractivity contribution >= 4 is 23.5 Å². The van der Waals surface area contributed by atoms with Crippen LogP contribution in [0.25, 0.3) is 11.3 Å². The smallest absolute Gasteiger partial charge is 0.414 e. The lowest BCUT2D eigenvalue weighted by atomic mass is 10.0. The second kappa shape index (κ2) is 6.26. The van der Waals surface area contributed by atoms with Gasteiger partial charge >= 0.3 is 6.09 Å². The zero-order valence-electron chi connectivity index (χ0n) is 15.7. The molecule has 0 saturated heterocycles. The molecule has 27 heavy (non-hydrogen) atoms. The molecule has 0 spiro atoms. The molecule has 144 valence electrons. The molecule has 0 atom stereocenters. The highest BCUT2D eigenvalue weighted by Crippen LogP contribution is 2.37. The summed E-state index contributed by atoms with van der Waals surface area (Å²) in [6, 6.07) is 3.07. The number of halogens is 1. The molecular weight excluding hydrogens is 353 g/mol. The Morgan fingerprint density at radius 1 is 1.30 bits per heavy atom. The van der Waals surface area contributed by atoms with Crippen LogP contribution >= 0.6 is 0 Å². The Labute approximate surface area is 155 Å². The molecule has 1 aliphatic heterocycles. The second-order valence-electron chi connectivity index (χ2n) is 7.40. The van der Waals surface area contributed by atoms with Crippen molar-refractivity contribution in [3.63, 3.8) is 0 Å². The number of nitrogens with two attached hydrogens (primary N) is 2. The maximum atomic E-state index is 15.2. The number of nitrogen functional groups attached to an aromatic ring is 1. The van der Waals surface area contributed by atoms with Gasteiger partial charge in [0.25, 0.3) is 5.91 Å². The van der Waals surface area contributed by atoms with Crippen LogP contribution in [0, 0.1) is 5.82 Å². The second-order valence-corrected chi connectivity index (χ2v) is 7.40. The van der Waals surface area contributed by atoms with Gasteiger partial charge in [0.1, 0.15) is 28.5 Å². The fourth-order valence-corrected chi connectivity index (χ4v) is 3.10. The lowest BCUT2D eigenvalue weighted by Crippen LogP contribution is -2.35. The zero-order chi connectivity index (χ0) is 20.1. The number of hydrogen-bond acceptors (Lipinski definition) is 5. The van der Waals surface area contributed by atoms with Gasteiger partial charge in [-0.3, -0.25) is 14.4 Å². The largest absolute Gasteiger partial charge is 0.443 e. The number of ether oxygens (including phenoxy) is 1. The van der Waals surface area contributed by atoms with Crippen molar-refractivity contribution < 1.29 is 18.7 Å². The summed E-state index contributed by atoms with van der Waals surface area (Å²) in [5, 5.41) is 4.14. The third kappa shape index (κ3) is 3.20. The predicted octanol–water partition coefficient (Wildman–Crippen LogP) is 2.20. The van der Waals surface area contributed by atoms with Gasteiger partial charge in [0, 0.05) is 24.7 Å². The first kappa shape index (κ1) is 18.7.